The van der Waals surface area contributed by atoms with Crippen molar-refractivity contribution in [2.75, 3.05) is 0 Å². The number of nitrogens with one attached hydrogen (secondary N) is 1. The first-order chi connectivity index (χ1) is 11.1. The zero-order valence-corrected chi connectivity index (χ0v) is 14.4. The van der Waals surface area contributed by atoms with Gasteiger partial charge in [0.05, 0.1) is 24.9 Å². The molecule has 0 aliphatic heterocycles. The van der Waals surface area contributed by atoms with Crippen LogP contribution in [0, 0.1) is 20.8 Å². The molecule has 0 aliphatic rings. The molecule has 23 heavy (non-hydrogen) atoms. The number of aromatic nitrogens is 1. The van der Waals surface area contributed by atoms with Crippen LogP contribution in [0.4, 0.5) is 0 Å². The highest BCUT2D eigenvalue weighted by atomic mass is 32.1. The van der Waals surface area contributed by atoms with Crippen LogP contribution in [0.15, 0.2) is 40.3 Å². The van der Waals surface area contributed by atoms with Gasteiger partial charge in [0.15, 0.2) is 0 Å². The second kappa shape index (κ2) is 6.46. The number of hydrogen-bond donors (Lipinski definition) is 1. The lowest BCUT2D eigenvalue weighted by atomic mass is 10.2. The van der Waals surface area contributed by atoms with E-state index in [1.54, 1.807) is 17.6 Å². The Kier molecular flexibility index (Phi) is 4.39. The Hall–Kier alpha value is -2.27. The van der Waals surface area contributed by atoms with Crippen molar-refractivity contribution >= 4 is 17.2 Å². The molecule has 0 radical (unpaired) electrons. The van der Waals surface area contributed by atoms with E-state index in [4.69, 9.17) is 4.42 Å². The number of furan rings is 1. The molecule has 3 rings (SSSR count). The first-order valence-electron chi connectivity index (χ1n) is 7.56. The minimum absolute atomic E-state index is 0.0309. The summed E-state index contributed by atoms with van der Waals surface area (Å²) >= 11 is 1.67. The Morgan fingerprint density at radius 2 is 2.13 bits per heavy atom. The normalized spacial score (nSPS) is 10.9. The van der Waals surface area contributed by atoms with Gasteiger partial charge in [-0.3, -0.25) is 4.79 Å². The van der Waals surface area contributed by atoms with Crippen molar-refractivity contribution in [2.24, 2.45) is 0 Å². The minimum Gasteiger partial charge on any atom is -0.467 e. The number of rotatable bonds is 5. The van der Waals surface area contributed by atoms with Crippen LogP contribution in [0.1, 0.15) is 37.9 Å². The molecule has 0 saturated carbocycles. The molecular formula is C18H20N2O2S. The third kappa shape index (κ3) is 3.24. The fourth-order valence-corrected chi connectivity index (χ4v) is 3.52. The number of aryl methyl sites for hydroxylation is 2. The summed E-state index contributed by atoms with van der Waals surface area (Å²) in [5.74, 6) is 0.851. The Balaban J connectivity index is 1.75. The molecule has 0 atom stereocenters. The van der Waals surface area contributed by atoms with Crippen molar-refractivity contribution in [3.63, 3.8) is 0 Å². The van der Waals surface area contributed by atoms with Crippen molar-refractivity contribution in [1.29, 1.82) is 0 Å². The summed E-state index contributed by atoms with van der Waals surface area (Å²) < 4.78 is 7.51. The highest BCUT2D eigenvalue weighted by Gasteiger charge is 2.16. The third-order valence-corrected chi connectivity index (χ3v) is 5.11. The highest BCUT2D eigenvalue weighted by Crippen LogP contribution is 2.19. The van der Waals surface area contributed by atoms with Gasteiger partial charge < -0.3 is 14.3 Å². The Morgan fingerprint density at radius 1 is 1.30 bits per heavy atom. The van der Waals surface area contributed by atoms with Gasteiger partial charge in [0.2, 0.25) is 0 Å². The van der Waals surface area contributed by atoms with Gasteiger partial charge in [0, 0.05) is 16.3 Å². The molecule has 5 heteroatoms. The van der Waals surface area contributed by atoms with E-state index in [0.29, 0.717) is 13.1 Å². The second-order valence-electron chi connectivity index (χ2n) is 5.66. The molecule has 0 aromatic carbocycles. The first-order valence-corrected chi connectivity index (χ1v) is 8.44. The second-order valence-corrected chi connectivity index (χ2v) is 6.66. The molecule has 0 fully saturated rings. The summed E-state index contributed by atoms with van der Waals surface area (Å²) in [5.41, 5.74) is 3.96. The molecule has 0 bridgehead atoms. The number of amides is 1. The maximum absolute atomic E-state index is 12.5. The summed E-state index contributed by atoms with van der Waals surface area (Å²) in [6.07, 6.45) is 1.67. The largest absolute Gasteiger partial charge is 0.467 e. The molecule has 0 unspecified atom stereocenters. The van der Waals surface area contributed by atoms with Gasteiger partial charge in [0.25, 0.3) is 5.91 Å². The Labute approximate surface area is 139 Å². The Bertz CT molecular complexity index is 812. The lowest BCUT2D eigenvalue weighted by molar-refractivity contribution is 0.0950. The maximum atomic E-state index is 12.5. The molecule has 0 spiro atoms. The van der Waals surface area contributed by atoms with Crippen LogP contribution in [0.3, 0.4) is 0 Å². The predicted octanol–water partition coefficient (Wildman–Crippen LogP) is 4.05. The number of hydrogen-bond acceptors (Lipinski definition) is 3. The fraction of sp³-hybridized carbons (Fsp3) is 0.278. The van der Waals surface area contributed by atoms with E-state index in [1.165, 1.54) is 10.4 Å². The quantitative estimate of drug-likeness (QED) is 0.768. The third-order valence-electron chi connectivity index (χ3n) is 4.09. The van der Waals surface area contributed by atoms with E-state index in [-0.39, 0.29) is 5.91 Å². The SMILES string of the molecule is Cc1ccsc1CNC(=O)c1cc(C)n(Cc2ccco2)c1C. The van der Waals surface area contributed by atoms with E-state index in [0.717, 1.165) is 22.7 Å². The molecule has 3 aromatic heterocycles. The molecule has 3 aromatic rings. The van der Waals surface area contributed by atoms with Crippen LogP contribution < -0.4 is 5.32 Å². The number of nitrogens with zero attached hydrogens (tertiary/aromatic N) is 1. The summed E-state index contributed by atoms with van der Waals surface area (Å²) in [6, 6.07) is 7.83. The van der Waals surface area contributed by atoms with E-state index in [9.17, 15) is 4.79 Å². The van der Waals surface area contributed by atoms with E-state index in [1.807, 2.05) is 37.4 Å². The zero-order chi connectivity index (χ0) is 16.4. The van der Waals surface area contributed by atoms with E-state index in [2.05, 4.69) is 22.9 Å². The summed E-state index contributed by atoms with van der Waals surface area (Å²) in [6.45, 7) is 7.26. The topological polar surface area (TPSA) is 47.2 Å². The summed E-state index contributed by atoms with van der Waals surface area (Å²) in [4.78, 5) is 13.7. The lowest BCUT2D eigenvalue weighted by Gasteiger charge is -2.08. The van der Waals surface area contributed by atoms with Gasteiger partial charge in [-0.15, -0.1) is 11.3 Å². The van der Waals surface area contributed by atoms with Crippen LogP contribution >= 0.6 is 11.3 Å². The highest BCUT2D eigenvalue weighted by molar-refractivity contribution is 7.10. The average Bonchev–Trinajstić information content (AvgIpc) is 3.23. The summed E-state index contributed by atoms with van der Waals surface area (Å²) in [5, 5.41) is 5.06. The molecule has 3 heterocycles. The van der Waals surface area contributed by atoms with Gasteiger partial charge in [0.1, 0.15) is 5.76 Å². The van der Waals surface area contributed by atoms with E-state index < -0.39 is 0 Å². The molecule has 120 valence electrons. The van der Waals surface area contributed by atoms with Gasteiger partial charge >= 0.3 is 0 Å². The van der Waals surface area contributed by atoms with Crippen LogP contribution in [-0.4, -0.2) is 10.5 Å². The smallest absolute Gasteiger partial charge is 0.253 e. The molecular weight excluding hydrogens is 308 g/mol. The molecule has 1 amide bonds. The molecule has 0 saturated heterocycles. The van der Waals surface area contributed by atoms with E-state index >= 15 is 0 Å². The van der Waals surface area contributed by atoms with Crippen molar-refractivity contribution in [3.8, 4) is 0 Å². The van der Waals surface area contributed by atoms with Gasteiger partial charge in [-0.2, -0.15) is 0 Å². The van der Waals surface area contributed by atoms with Crippen molar-refractivity contribution in [3.05, 3.63) is 69.1 Å². The van der Waals surface area contributed by atoms with Gasteiger partial charge in [-0.25, -0.2) is 0 Å². The van der Waals surface area contributed by atoms with Crippen molar-refractivity contribution in [2.45, 2.75) is 33.9 Å². The fourth-order valence-electron chi connectivity index (χ4n) is 2.67. The average molecular weight is 328 g/mol. The maximum Gasteiger partial charge on any atom is 0.253 e. The number of carbonyl (C=O) groups excluding carboxylic acids is 1. The molecule has 1 N–H and O–H groups in total. The summed E-state index contributed by atoms with van der Waals surface area (Å²) in [7, 11) is 0. The van der Waals surface area contributed by atoms with Gasteiger partial charge in [-0.05, 0) is 56.0 Å². The standard InChI is InChI=1S/C18H20N2O2S/c1-12-6-8-23-17(12)10-19-18(21)16-9-13(2)20(14(16)3)11-15-5-4-7-22-15/h4-9H,10-11H2,1-3H3,(H,19,21). The molecule has 4 nitrogen and oxygen atoms in total. The van der Waals surface area contributed by atoms with Crippen molar-refractivity contribution in [1.82, 2.24) is 9.88 Å². The number of carbonyl (C=O) groups is 1. The minimum atomic E-state index is -0.0309. The monoisotopic (exact) mass is 328 g/mol. The number of thiophene rings is 1. The van der Waals surface area contributed by atoms with Crippen LogP contribution in [0.5, 0.6) is 0 Å². The zero-order valence-electron chi connectivity index (χ0n) is 13.6. The van der Waals surface area contributed by atoms with Crippen LogP contribution in [-0.2, 0) is 13.1 Å². The van der Waals surface area contributed by atoms with Crippen molar-refractivity contribution < 1.29 is 9.21 Å². The Morgan fingerprint density at radius 3 is 2.78 bits per heavy atom. The lowest BCUT2D eigenvalue weighted by Crippen LogP contribution is -2.23. The van der Waals surface area contributed by atoms with Gasteiger partial charge in [-0.1, -0.05) is 0 Å². The predicted molar refractivity (Wildman–Crippen MR) is 91.9 cm³/mol. The molecule has 0 aliphatic carbocycles. The van der Waals surface area contributed by atoms with Crippen LogP contribution in [0.2, 0.25) is 0 Å². The first kappa shape index (κ1) is 15.6. The van der Waals surface area contributed by atoms with Crippen LogP contribution in [0.25, 0.3) is 0 Å².